The Bertz CT molecular complexity index is 711. The molecule has 1 aliphatic carbocycles. The van der Waals surface area contributed by atoms with Crippen LogP contribution in [0.15, 0.2) is 24.5 Å². The van der Waals surface area contributed by atoms with Crippen LogP contribution in [-0.4, -0.2) is 27.7 Å². The van der Waals surface area contributed by atoms with E-state index >= 15 is 0 Å². The maximum absolute atomic E-state index is 6.05. The normalized spacial score (nSPS) is 23.4. The van der Waals surface area contributed by atoms with E-state index in [0.717, 1.165) is 44.1 Å². The highest BCUT2D eigenvalue weighted by atomic mass is 16.5. The standard InChI is InChI=1S/C20H28N4O/c1-24-11-10-22-20(24)19-16(6-4-12-25-19)13-21-14-17-9-8-15-5-2-3-7-18(15)23-17/h8-11,16,19,21H,2-7,12-14H2,1H3/t16-,19+/m0/s1. The van der Waals surface area contributed by atoms with Crippen molar-refractivity contribution in [2.45, 2.75) is 51.2 Å². The van der Waals surface area contributed by atoms with Crippen molar-refractivity contribution in [1.82, 2.24) is 19.9 Å². The molecular formula is C20H28N4O. The monoisotopic (exact) mass is 340 g/mol. The molecule has 0 aromatic carbocycles. The molecule has 25 heavy (non-hydrogen) atoms. The lowest BCUT2D eigenvalue weighted by Crippen LogP contribution is -2.33. The van der Waals surface area contributed by atoms with Crippen LogP contribution in [0.5, 0.6) is 0 Å². The number of nitrogens with zero attached hydrogens (tertiary/aromatic N) is 3. The van der Waals surface area contributed by atoms with Gasteiger partial charge in [0.15, 0.2) is 0 Å². The third-order valence-corrected chi connectivity index (χ3v) is 5.51. The highest BCUT2D eigenvalue weighted by Crippen LogP contribution is 2.32. The molecule has 134 valence electrons. The molecule has 0 saturated carbocycles. The molecule has 0 unspecified atom stereocenters. The summed E-state index contributed by atoms with van der Waals surface area (Å²) in [5.41, 5.74) is 3.92. The first-order chi connectivity index (χ1) is 12.3. The number of ether oxygens (including phenoxy) is 1. The molecule has 1 fully saturated rings. The predicted molar refractivity (Wildman–Crippen MR) is 97.2 cm³/mol. The van der Waals surface area contributed by atoms with Crippen molar-refractivity contribution >= 4 is 0 Å². The summed E-state index contributed by atoms with van der Waals surface area (Å²) in [6.45, 7) is 2.60. The average molecular weight is 340 g/mol. The molecule has 0 radical (unpaired) electrons. The molecule has 2 atom stereocenters. The number of aromatic nitrogens is 3. The van der Waals surface area contributed by atoms with Gasteiger partial charge in [0, 0.05) is 50.7 Å². The Morgan fingerprint density at radius 3 is 3.04 bits per heavy atom. The summed E-state index contributed by atoms with van der Waals surface area (Å²) >= 11 is 0. The van der Waals surface area contributed by atoms with E-state index < -0.39 is 0 Å². The molecule has 0 bridgehead atoms. The molecule has 0 spiro atoms. The summed E-state index contributed by atoms with van der Waals surface area (Å²) in [5.74, 6) is 1.51. The van der Waals surface area contributed by atoms with Crippen molar-refractivity contribution in [3.8, 4) is 0 Å². The zero-order chi connectivity index (χ0) is 17.1. The van der Waals surface area contributed by atoms with Crippen molar-refractivity contribution in [2.24, 2.45) is 13.0 Å². The Morgan fingerprint density at radius 2 is 2.16 bits per heavy atom. The summed E-state index contributed by atoms with van der Waals surface area (Å²) in [6, 6.07) is 4.46. The number of imidazole rings is 1. The van der Waals surface area contributed by atoms with E-state index in [4.69, 9.17) is 9.72 Å². The third-order valence-electron chi connectivity index (χ3n) is 5.51. The van der Waals surface area contributed by atoms with Crippen LogP contribution in [0, 0.1) is 5.92 Å². The van der Waals surface area contributed by atoms with Gasteiger partial charge < -0.3 is 14.6 Å². The number of hydrogen-bond donors (Lipinski definition) is 1. The summed E-state index contributed by atoms with van der Waals surface area (Å²) in [4.78, 5) is 9.37. The fourth-order valence-electron chi connectivity index (χ4n) is 4.10. The quantitative estimate of drug-likeness (QED) is 0.909. The lowest BCUT2D eigenvalue weighted by Gasteiger charge is -2.31. The SMILES string of the molecule is Cn1ccnc1[C@@H]1OCCC[C@H]1CNCc1ccc2c(n1)CCCC2. The van der Waals surface area contributed by atoms with Gasteiger partial charge in [-0.05, 0) is 50.2 Å². The smallest absolute Gasteiger partial charge is 0.137 e. The second-order valence-electron chi connectivity index (χ2n) is 7.34. The fourth-order valence-corrected chi connectivity index (χ4v) is 4.10. The van der Waals surface area contributed by atoms with Gasteiger partial charge in [0.25, 0.3) is 0 Å². The number of hydrogen-bond acceptors (Lipinski definition) is 4. The number of rotatable bonds is 5. The van der Waals surface area contributed by atoms with Crippen LogP contribution in [-0.2, 0) is 31.2 Å². The van der Waals surface area contributed by atoms with E-state index in [2.05, 4.69) is 27.0 Å². The highest BCUT2D eigenvalue weighted by Gasteiger charge is 2.29. The minimum Gasteiger partial charge on any atom is -0.370 e. The van der Waals surface area contributed by atoms with Crippen LogP contribution in [0.3, 0.4) is 0 Å². The fraction of sp³-hybridized carbons (Fsp3) is 0.600. The van der Waals surface area contributed by atoms with Crippen LogP contribution >= 0.6 is 0 Å². The molecule has 1 N–H and O–H groups in total. The number of aryl methyl sites for hydroxylation is 3. The van der Waals surface area contributed by atoms with E-state index in [1.165, 1.54) is 36.9 Å². The first-order valence-electron chi connectivity index (χ1n) is 9.58. The highest BCUT2D eigenvalue weighted by molar-refractivity contribution is 5.25. The first kappa shape index (κ1) is 16.7. The van der Waals surface area contributed by atoms with Gasteiger partial charge in [0.1, 0.15) is 11.9 Å². The number of nitrogens with one attached hydrogen (secondary N) is 1. The molecule has 2 aromatic rings. The summed E-state index contributed by atoms with van der Waals surface area (Å²) < 4.78 is 8.13. The summed E-state index contributed by atoms with van der Waals surface area (Å²) in [7, 11) is 2.04. The van der Waals surface area contributed by atoms with Crippen molar-refractivity contribution in [3.63, 3.8) is 0 Å². The van der Waals surface area contributed by atoms with Gasteiger partial charge in [0.2, 0.25) is 0 Å². The van der Waals surface area contributed by atoms with Crippen LogP contribution in [0.1, 0.15) is 54.6 Å². The molecular weight excluding hydrogens is 312 g/mol. The van der Waals surface area contributed by atoms with Crippen molar-refractivity contribution < 1.29 is 4.74 Å². The van der Waals surface area contributed by atoms with Gasteiger partial charge in [-0.3, -0.25) is 4.98 Å². The molecule has 5 heteroatoms. The van der Waals surface area contributed by atoms with Gasteiger partial charge >= 0.3 is 0 Å². The van der Waals surface area contributed by atoms with E-state index in [0.29, 0.717) is 5.92 Å². The Kier molecular flexibility index (Phi) is 5.13. The Hall–Kier alpha value is -1.72. The van der Waals surface area contributed by atoms with Gasteiger partial charge in [0.05, 0.1) is 5.69 Å². The molecule has 0 amide bonds. The lowest BCUT2D eigenvalue weighted by molar-refractivity contribution is -0.0344. The number of pyridine rings is 1. The van der Waals surface area contributed by atoms with E-state index in [-0.39, 0.29) is 6.10 Å². The topological polar surface area (TPSA) is 52.0 Å². The van der Waals surface area contributed by atoms with Gasteiger partial charge in [-0.15, -0.1) is 0 Å². The maximum atomic E-state index is 6.05. The van der Waals surface area contributed by atoms with Crippen LogP contribution in [0.25, 0.3) is 0 Å². The van der Waals surface area contributed by atoms with Gasteiger partial charge in [-0.25, -0.2) is 4.98 Å². The zero-order valence-corrected chi connectivity index (χ0v) is 15.1. The van der Waals surface area contributed by atoms with E-state index in [9.17, 15) is 0 Å². The Morgan fingerprint density at radius 1 is 1.24 bits per heavy atom. The lowest BCUT2D eigenvalue weighted by atomic mass is 9.93. The zero-order valence-electron chi connectivity index (χ0n) is 15.1. The maximum Gasteiger partial charge on any atom is 0.137 e. The molecule has 2 aliphatic rings. The molecule has 1 aliphatic heterocycles. The van der Waals surface area contributed by atoms with Crippen LogP contribution < -0.4 is 5.32 Å². The Balaban J connectivity index is 1.36. The van der Waals surface area contributed by atoms with Crippen molar-refractivity contribution in [1.29, 1.82) is 0 Å². The third kappa shape index (κ3) is 3.77. The summed E-state index contributed by atoms with van der Waals surface area (Å²) in [5, 5.41) is 3.61. The molecule has 4 rings (SSSR count). The average Bonchev–Trinajstić information content (AvgIpc) is 3.08. The van der Waals surface area contributed by atoms with E-state index in [1.54, 1.807) is 0 Å². The van der Waals surface area contributed by atoms with Crippen molar-refractivity contribution in [2.75, 3.05) is 13.2 Å². The first-order valence-corrected chi connectivity index (χ1v) is 9.58. The van der Waals surface area contributed by atoms with E-state index in [1.807, 2.05) is 19.4 Å². The minimum atomic E-state index is 0.0951. The van der Waals surface area contributed by atoms with Gasteiger partial charge in [-0.2, -0.15) is 0 Å². The van der Waals surface area contributed by atoms with Crippen molar-refractivity contribution in [3.05, 3.63) is 47.3 Å². The molecule has 1 saturated heterocycles. The van der Waals surface area contributed by atoms with Crippen LogP contribution in [0.2, 0.25) is 0 Å². The second-order valence-corrected chi connectivity index (χ2v) is 7.34. The second kappa shape index (κ2) is 7.67. The largest absolute Gasteiger partial charge is 0.370 e. The summed E-state index contributed by atoms with van der Waals surface area (Å²) in [6.07, 6.45) is 11.2. The molecule has 2 aromatic heterocycles. The Labute approximate surface area is 149 Å². The van der Waals surface area contributed by atoms with Gasteiger partial charge in [-0.1, -0.05) is 6.07 Å². The number of fused-ring (bicyclic) bond motifs is 1. The molecule has 5 nitrogen and oxygen atoms in total. The predicted octanol–water partition coefficient (Wildman–Crippen LogP) is 2.95. The minimum absolute atomic E-state index is 0.0951. The molecule has 3 heterocycles. The van der Waals surface area contributed by atoms with Crippen LogP contribution in [0.4, 0.5) is 0 Å².